The molecule has 0 saturated heterocycles. The lowest BCUT2D eigenvalue weighted by Gasteiger charge is -2.22. The van der Waals surface area contributed by atoms with E-state index in [4.69, 9.17) is 0 Å². The van der Waals surface area contributed by atoms with Crippen molar-refractivity contribution in [2.45, 2.75) is 24.9 Å². The van der Waals surface area contributed by atoms with E-state index in [0.717, 1.165) is 0 Å². The van der Waals surface area contributed by atoms with Crippen LogP contribution < -0.4 is 0 Å². The van der Waals surface area contributed by atoms with Crippen LogP contribution in [0.2, 0.25) is 0 Å². The highest BCUT2D eigenvalue weighted by molar-refractivity contribution is 4.75. The smallest absolute Gasteiger partial charge is 0.312 e. The first-order valence-corrected chi connectivity index (χ1v) is 3.08. The molecule has 0 aromatic heterocycles. The van der Waals surface area contributed by atoms with Gasteiger partial charge >= 0.3 is 12.3 Å². The summed E-state index contributed by atoms with van der Waals surface area (Å²) in [6, 6.07) is 0. The fourth-order valence-corrected chi connectivity index (χ4v) is 0.438. The highest BCUT2D eigenvalue weighted by Gasteiger charge is 2.58. The Hall–Kier alpha value is -0.600. The molecule has 86 valence electrons. The molecule has 1 nitrogen and oxygen atoms in total. The van der Waals surface area contributed by atoms with Crippen molar-refractivity contribution in [1.82, 2.24) is 0 Å². The van der Waals surface area contributed by atoms with Crippen LogP contribution in [0, 0.1) is 0 Å². The van der Waals surface area contributed by atoms with Crippen molar-refractivity contribution in [1.29, 1.82) is 0 Å². The van der Waals surface area contributed by atoms with Crippen molar-refractivity contribution < 1.29 is 39.9 Å². The average Bonchev–Trinajstić information content (AvgIpc) is 1.98. The second-order valence-electron chi connectivity index (χ2n) is 2.17. The quantitative estimate of drug-likeness (QED) is 0.677. The number of alkyl halides is 8. The molecule has 0 amide bonds. The molecule has 0 bridgehead atoms. The van der Waals surface area contributed by atoms with Gasteiger partial charge in [0.15, 0.2) is 0 Å². The van der Waals surface area contributed by atoms with Crippen LogP contribution in [-0.2, 0) is 4.74 Å². The van der Waals surface area contributed by atoms with E-state index in [9.17, 15) is 35.1 Å². The van der Waals surface area contributed by atoms with Gasteiger partial charge in [-0.15, -0.1) is 0 Å². The van der Waals surface area contributed by atoms with Crippen molar-refractivity contribution in [3.05, 3.63) is 0 Å². The summed E-state index contributed by atoms with van der Waals surface area (Å²) in [6.07, 6.45) is -19.2. The Morgan fingerprint density at radius 3 is 1.64 bits per heavy atom. The minimum Gasteiger partial charge on any atom is -0.312 e. The monoisotopic (exact) mass is 232 g/mol. The molecule has 14 heavy (non-hydrogen) atoms. The van der Waals surface area contributed by atoms with Crippen LogP contribution in [0.15, 0.2) is 0 Å². The summed E-state index contributed by atoms with van der Waals surface area (Å²) < 4.78 is 95.3. The van der Waals surface area contributed by atoms with Crippen LogP contribution in [-0.4, -0.2) is 31.5 Å². The summed E-state index contributed by atoms with van der Waals surface area (Å²) in [5, 5.41) is 0. The molecular formula is C5H4F8O. The van der Waals surface area contributed by atoms with Gasteiger partial charge in [0.05, 0.1) is 0 Å². The number of rotatable bonds is 4. The van der Waals surface area contributed by atoms with Crippen LogP contribution in [0.1, 0.15) is 0 Å². The van der Waals surface area contributed by atoms with E-state index in [2.05, 4.69) is 4.74 Å². The van der Waals surface area contributed by atoms with Gasteiger partial charge in [0.25, 0.3) is 12.6 Å². The van der Waals surface area contributed by atoms with Gasteiger partial charge in [-0.3, -0.25) is 0 Å². The van der Waals surface area contributed by atoms with Gasteiger partial charge in [0.2, 0.25) is 0 Å². The molecule has 0 saturated carbocycles. The van der Waals surface area contributed by atoms with Gasteiger partial charge in [-0.1, -0.05) is 0 Å². The largest absolute Gasteiger partial charge is 0.428 e. The summed E-state index contributed by atoms with van der Waals surface area (Å²) in [5.74, 6) is 0. The lowest BCUT2D eigenvalue weighted by molar-refractivity contribution is -0.340. The Morgan fingerprint density at radius 2 is 1.36 bits per heavy atom. The Kier molecular flexibility index (Phi) is 4.10. The first-order chi connectivity index (χ1) is 6.07. The molecule has 0 spiro atoms. The Bertz CT molecular complexity index is 175. The van der Waals surface area contributed by atoms with E-state index in [1.54, 1.807) is 0 Å². The van der Waals surface area contributed by atoms with Gasteiger partial charge in [-0.25, -0.2) is 13.2 Å². The van der Waals surface area contributed by atoms with Crippen molar-refractivity contribution in [3.63, 3.8) is 0 Å². The Balaban J connectivity index is 4.31. The summed E-state index contributed by atoms with van der Waals surface area (Å²) in [7, 11) is 0. The summed E-state index contributed by atoms with van der Waals surface area (Å²) in [6.45, 7) is -1.97. The molecule has 0 aliphatic rings. The van der Waals surface area contributed by atoms with E-state index < -0.39 is 31.5 Å². The highest BCUT2D eigenvalue weighted by atomic mass is 19.4. The molecule has 0 radical (unpaired) electrons. The number of halogens is 8. The molecule has 0 heterocycles. The fraction of sp³-hybridized carbons (Fsp3) is 1.00. The fourth-order valence-electron chi connectivity index (χ4n) is 0.438. The normalized spacial score (nSPS) is 16.1. The molecule has 0 N–H and O–H groups in total. The lowest BCUT2D eigenvalue weighted by Crippen LogP contribution is -2.44. The van der Waals surface area contributed by atoms with Crippen molar-refractivity contribution in [2.75, 3.05) is 6.61 Å². The summed E-state index contributed by atoms with van der Waals surface area (Å²) >= 11 is 0. The molecular weight excluding hydrogens is 228 g/mol. The molecule has 0 aromatic carbocycles. The van der Waals surface area contributed by atoms with E-state index in [1.807, 2.05) is 0 Å². The number of hydrogen-bond donors (Lipinski definition) is 0. The number of ether oxygens (including phenoxy) is 1. The van der Waals surface area contributed by atoms with Crippen molar-refractivity contribution in [3.8, 4) is 0 Å². The minimum absolute atomic E-state index is 1.97. The molecule has 0 rings (SSSR count). The van der Waals surface area contributed by atoms with Gasteiger partial charge in [-0.2, -0.15) is 22.0 Å². The average molecular weight is 232 g/mol. The van der Waals surface area contributed by atoms with Crippen LogP contribution in [0.4, 0.5) is 35.1 Å². The third kappa shape index (κ3) is 4.07. The van der Waals surface area contributed by atoms with Gasteiger partial charge in [0, 0.05) is 0 Å². The van der Waals surface area contributed by atoms with Crippen molar-refractivity contribution in [2.24, 2.45) is 0 Å². The Labute approximate surface area is 72.6 Å². The third-order valence-corrected chi connectivity index (χ3v) is 0.984. The maximum Gasteiger partial charge on any atom is 0.428 e. The molecule has 9 heteroatoms. The highest BCUT2D eigenvalue weighted by Crippen LogP contribution is 2.35. The summed E-state index contributed by atoms with van der Waals surface area (Å²) in [5.41, 5.74) is 0. The third-order valence-electron chi connectivity index (χ3n) is 0.984. The number of hydrogen-bond acceptors (Lipinski definition) is 1. The predicted molar refractivity (Wildman–Crippen MR) is 27.9 cm³/mol. The van der Waals surface area contributed by atoms with E-state index in [-0.39, 0.29) is 0 Å². The van der Waals surface area contributed by atoms with Crippen molar-refractivity contribution >= 4 is 0 Å². The van der Waals surface area contributed by atoms with Crippen LogP contribution in [0.25, 0.3) is 0 Å². The molecule has 0 aliphatic carbocycles. The van der Waals surface area contributed by atoms with E-state index in [0.29, 0.717) is 0 Å². The summed E-state index contributed by atoms with van der Waals surface area (Å²) in [4.78, 5) is 0. The molecule has 1 atom stereocenters. The topological polar surface area (TPSA) is 9.23 Å². The zero-order valence-electron chi connectivity index (χ0n) is 6.29. The second kappa shape index (κ2) is 4.28. The predicted octanol–water partition coefficient (Wildman–Crippen LogP) is 2.76. The SMILES string of the molecule is FC(F)COC(F)(F)[C@H](F)C(F)(F)F. The Morgan fingerprint density at radius 1 is 0.929 bits per heavy atom. The lowest BCUT2D eigenvalue weighted by atomic mass is 10.3. The minimum atomic E-state index is -5.86. The van der Waals surface area contributed by atoms with Gasteiger partial charge in [-0.05, 0) is 0 Å². The molecule has 0 fully saturated rings. The van der Waals surface area contributed by atoms with Crippen LogP contribution in [0.3, 0.4) is 0 Å². The molecule has 0 aliphatic heterocycles. The maximum atomic E-state index is 12.0. The molecule has 0 aromatic rings. The first-order valence-electron chi connectivity index (χ1n) is 3.08. The van der Waals surface area contributed by atoms with Crippen LogP contribution >= 0.6 is 0 Å². The second-order valence-corrected chi connectivity index (χ2v) is 2.17. The van der Waals surface area contributed by atoms with Gasteiger partial charge < -0.3 is 4.74 Å². The zero-order chi connectivity index (χ0) is 11.6. The molecule has 0 unspecified atom stereocenters. The zero-order valence-corrected chi connectivity index (χ0v) is 6.29. The maximum absolute atomic E-state index is 12.0. The van der Waals surface area contributed by atoms with Crippen LogP contribution in [0.5, 0.6) is 0 Å². The standard InChI is InChI=1S/C5H4F8O/c6-2(7)1-14-5(12,13)3(8)4(9,10)11/h2-3H,1H2/t3-/m1/s1. The van der Waals surface area contributed by atoms with Gasteiger partial charge in [0.1, 0.15) is 6.61 Å². The van der Waals surface area contributed by atoms with E-state index in [1.165, 1.54) is 0 Å². The first kappa shape index (κ1) is 13.4. The van der Waals surface area contributed by atoms with E-state index >= 15 is 0 Å².